The fraction of sp³-hybridized carbons (Fsp3) is 0.0196. The average molecular weight is 772 g/mol. The lowest BCUT2D eigenvalue weighted by Gasteiger charge is -2.40. The zero-order valence-electron chi connectivity index (χ0n) is 29.9. The van der Waals surface area contributed by atoms with E-state index in [4.69, 9.17) is 16.0 Å². The van der Waals surface area contributed by atoms with E-state index in [0.29, 0.717) is 0 Å². The molecule has 1 spiro atoms. The van der Waals surface area contributed by atoms with Crippen molar-refractivity contribution in [3.8, 4) is 21.6 Å². The van der Waals surface area contributed by atoms with Crippen molar-refractivity contribution in [2.75, 3.05) is 4.90 Å². The summed E-state index contributed by atoms with van der Waals surface area (Å²) in [6, 6.07) is 66.0. The highest BCUT2D eigenvalue weighted by atomic mass is 35.5. The molecule has 2 aromatic heterocycles. The quantitative estimate of drug-likeness (QED) is 0.177. The smallest absolute Gasteiger partial charge is 0.137 e. The minimum Gasteiger partial charge on any atom is -0.456 e. The largest absolute Gasteiger partial charge is 0.456 e. The zero-order valence-corrected chi connectivity index (χ0v) is 32.3. The van der Waals surface area contributed by atoms with Crippen molar-refractivity contribution < 1.29 is 4.42 Å². The first-order chi connectivity index (χ1) is 27.6. The molecule has 3 heterocycles. The van der Waals surface area contributed by atoms with Gasteiger partial charge in [-0.05, 0) is 112 Å². The Kier molecular flexibility index (Phi) is 7.04. The number of anilines is 3. The number of rotatable bonds is 4. The van der Waals surface area contributed by atoms with Crippen molar-refractivity contribution in [2.24, 2.45) is 0 Å². The van der Waals surface area contributed by atoms with Gasteiger partial charge in [-0.15, -0.1) is 11.3 Å². The van der Waals surface area contributed by atoms with E-state index in [0.717, 1.165) is 49.6 Å². The third kappa shape index (κ3) is 4.58. The number of thiophene rings is 1. The second-order valence-electron chi connectivity index (χ2n) is 14.5. The molecule has 8 aromatic carbocycles. The SMILES string of the molecule is Clc1ccc2c(c1)C1(c3ccccc3Sc3ccccc31)c1cc(N(c3ccccc3)c3cc4oc5ccccc5c4cc3-c3cc4ccccc4s3)ccc1-2. The molecule has 1 aliphatic carbocycles. The Balaban J connectivity index is 1.18. The Hall–Kier alpha value is -6.04. The molecule has 2 aliphatic rings. The molecule has 12 rings (SSSR count). The van der Waals surface area contributed by atoms with Crippen LogP contribution in [0.5, 0.6) is 0 Å². The van der Waals surface area contributed by atoms with Gasteiger partial charge in [-0.1, -0.05) is 126 Å². The lowest BCUT2D eigenvalue weighted by molar-refractivity contribution is 0.669. The molecule has 0 saturated heterocycles. The van der Waals surface area contributed by atoms with Crippen LogP contribution < -0.4 is 4.90 Å². The molecule has 56 heavy (non-hydrogen) atoms. The van der Waals surface area contributed by atoms with Gasteiger partial charge in [0.2, 0.25) is 0 Å². The van der Waals surface area contributed by atoms with Crippen LogP contribution in [0.1, 0.15) is 22.3 Å². The lowest BCUT2D eigenvalue weighted by atomic mass is 9.67. The maximum Gasteiger partial charge on any atom is 0.137 e. The van der Waals surface area contributed by atoms with Gasteiger partial charge in [-0.3, -0.25) is 0 Å². The number of hydrogen-bond acceptors (Lipinski definition) is 4. The normalized spacial score (nSPS) is 13.5. The van der Waals surface area contributed by atoms with Crippen LogP contribution in [0.15, 0.2) is 196 Å². The summed E-state index contributed by atoms with van der Waals surface area (Å²) in [7, 11) is 0. The van der Waals surface area contributed by atoms with Crippen LogP contribution in [-0.2, 0) is 5.41 Å². The second kappa shape index (κ2) is 12.2. The second-order valence-corrected chi connectivity index (χ2v) is 17.2. The number of furan rings is 1. The van der Waals surface area contributed by atoms with Gasteiger partial charge in [-0.2, -0.15) is 0 Å². The van der Waals surface area contributed by atoms with Crippen molar-refractivity contribution in [1.82, 2.24) is 0 Å². The predicted molar refractivity (Wildman–Crippen MR) is 236 cm³/mol. The third-order valence-corrected chi connectivity index (χ3v) is 14.1. The number of nitrogens with zero attached hydrogens (tertiary/aromatic N) is 1. The Morgan fingerprint density at radius 1 is 0.482 bits per heavy atom. The molecule has 0 saturated carbocycles. The van der Waals surface area contributed by atoms with E-state index in [2.05, 4.69) is 175 Å². The average Bonchev–Trinajstić information content (AvgIpc) is 3.92. The topological polar surface area (TPSA) is 16.4 Å². The van der Waals surface area contributed by atoms with E-state index >= 15 is 0 Å². The summed E-state index contributed by atoms with van der Waals surface area (Å²) in [4.78, 5) is 6.16. The van der Waals surface area contributed by atoms with Gasteiger partial charge >= 0.3 is 0 Å². The number of fused-ring (bicyclic) bond motifs is 13. The fourth-order valence-corrected chi connectivity index (χ4v) is 11.7. The summed E-state index contributed by atoms with van der Waals surface area (Å²) >= 11 is 10.6. The maximum atomic E-state index is 6.93. The van der Waals surface area contributed by atoms with E-state index in [1.165, 1.54) is 58.1 Å². The highest BCUT2D eigenvalue weighted by molar-refractivity contribution is 7.99. The van der Waals surface area contributed by atoms with E-state index in [1.807, 2.05) is 35.2 Å². The van der Waals surface area contributed by atoms with Crippen molar-refractivity contribution in [3.05, 3.63) is 209 Å². The molecule has 1 aliphatic heterocycles. The number of hydrogen-bond donors (Lipinski definition) is 0. The molecule has 0 radical (unpaired) electrons. The van der Waals surface area contributed by atoms with Gasteiger partial charge in [0.1, 0.15) is 11.2 Å². The van der Waals surface area contributed by atoms with E-state index in [1.54, 1.807) is 0 Å². The van der Waals surface area contributed by atoms with Gasteiger partial charge < -0.3 is 9.32 Å². The first-order valence-electron chi connectivity index (χ1n) is 18.8. The highest BCUT2D eigenvalue weighted by Crippen LogP contribution is 2.63. The van der Waals surface area contributed by atoms with Gasteiger partial charge in [0.25, 0.3) is 0 Å². The monoisotopic (exact) mass is 771 g/mol. The summed E-state index contributed by atoms with van der Waals surface area (Å²) in [5, 5.41) is 4.21. The van der Waals surface area contributed by atoms with Gasteiger partial charge in [0, 0.05) is 58.2 Å². The highest BCUT2D eigenvalue weighted by Gasteiger charge is 2.50. The van der Waals surface area contributed by atoms with Crippen molar-refractivity contribution >= 4 is 83.8 Å². The molecule has 0 atom stereocenters. The Morgan fingerprint density at radius 3 is 1.96 bits per heavy atom. The van der Waals surface area contributed by atoms with Crippen molar-refractivity contribution in [1.29, 1.82) is 0 Å². The standard InChI is InChI=1S/C51H30ClNOS2/c52-32-22-24-35-36-25-23-34(28-43(36)51(42(35)27-32)40-16-6-10-20-48(40)56-49-21-11-7-17-41(49)51)53(33-13-2-1-3-14-33)44-30-46-38(37-15-5-8-18-45(37)54-46)29-39(44)50-26-31-12-4-9-19-47(31)55-50/h1-30H. The summed E-state index contributed by atoms with van der Waals surface area (Å²) in [5.74, 6) is 0. The lowest BCUT2D eigenvalue weighted by Crippen LogP contribution is -2.32. The van der Waals surface area contributed by atoms with Crippen LogP contribution in [0.3, 0.4) is 0 Å². The summed E-state index contributed by atoms with van der Waals surface area (Å²) in [6.07, 6.45) is 0. The maximum absolute atomic E-state index is 6.93. The van der Waals surface area contributed by atoms with Gasteiger partial charge in [0.05, 0.1) is 11.1 Å². The summed E-state index contributed by atoms with van der Waals surface area (Å²) in [6.45, 7) is 0. The molecule has 0 fully saturated rings. The molecule has 0 bridgehead atoms. The molecular weight excluding hydrogens is 742 g/mol. The Bertz CT molecular complexity index is 3140. The molecule has 264 valence electrons. The Labute approximate surface area is 337 Å². The van der Waals surface area contributed by atoms with Crippen LogP contribution >= 0.6 is 34.7 Å². The molecule has 2 nitrogen and oxygen atoms in total. The first-order valence-corrected chi connectivity index (χ1v) is 20.8. The molecular formula is C51H30ClNOS2. The predicted octanol–water partition coefficient (Wildman–Crippen LogP) is 15.4. The van der Waals surface area contributed by atoms with Crippen LogP contribution in [0.4, 0.5) is 17.1 Å². The van der Waals surface area contributed by atoms with Crippen LogP contribution in [0.2, 0.25) is 5.02 Å². The van der Waals surface area contributed by atoms with E-state index in [9.17, 15) is 0 Å². The van der Waals surface area contributed by atoms with E-state index < -0.39 is 5.41 Å². The van der Waals surface area contributed by atoms with Gasteiger partial charge in [-0.25, -0.2) is 0 Å². The minimum atomic E-state index is -0.566. The molecule has 0 unspecified atom stereocenters. The molecule has 0 N–H and O–H groups in total. The van der Waals surface area contributed by atoms with Crippen LogP contribution in [0, 0.1) is 0 Å². The molecule has 5 heteroatoms. The third-order valence-electron chi connectivity index (χ3n) is 11.6. The number of halogens is 1. The summed E-state index contributed by atoms with van der Waals surface area (Å²) in [5.41, 5.74) is 13.0. The fourth-order valence-electron chi connectivity index (χ4n) is 9.26. The summed E-state index contributed by atoms with van der Waals surface area (Å²) < 4.78 is 7.89. The van der Waals surface area contributed by atoms with Crippen molar-refractivity contribution in [2.45, 2.75) is 15.2 Å². The minimum absolute atomic E-state index is 0.566. The Morgan fingerprint density at radius 2 is 1.16 bits per heavy atom. The van der Waals surface area contributed by atoms with Crippen molar-refractivity contribution in [3.63, 3.8) is 0 Å². The number of para-hydroxylation sites is 2. The van der Waals surface area contributed by atoms with Crippen LogP contribution in [-0.4, -0.2) is 0 Å². The first kappa shape index (κ1) is 32.2. The van der Waals surface area contributed by atoms with Crippen LogP contribution in [0.25, 0.3) is 53.6 Å². The van der Waals surface area contributed by atoms with Gasteiger partial charge in [0.15, 0.2) is 0 Å². The molecule has 0 amide bonds. The molecule has 10 aromatic rings. The number of benzene rings is 8. The van der Waals surface area contributed by atoms with E-state index in [-0.39, 0.29) is 0 Å². The zero-order chi connectivity index (χ0) is 37.0.